The van der Waals surface area contributed by atoms with Crippen LogP contribution in [-0.2, 0) is 0 Å². The third-order valence-electron chi connectivity index (χ3n) is 5.51. The Morgan fingerprint density at radius 3 is 2.94 bits per heavy atom. The topological polar surface area (TPSA) is 119 Å². The molecule has 1 aliphatic rings. The summed E-state index contributed by atoms with van der Waals surface area (Å²) in [5.74, 6) is -0.470. The Labute approximate surface area is 191 Å². The van der Waals surface area contributed by atoms with Crippen LogP contribution in [-0.4, -0.2) is 41.6 Å². The average molecular weight is 451 g/mol. The van der Waals surface area contributed by atoms with Crippen LogP contribution in [0.3, 0.4) is 0 Å². The van der Waals surface area contributed by atoms with Crippen LogP contribution in [0.4, 0.5) is 21.5 Å². The lowest BCUT2D eigenvalue weighted by atomic mass is 10.1. The maximum Gasteiger partial charge on any atom is 0.276 e. The molecule has 1 amide bonds. The van der Waals surface area contributed by atoms with Gasteiger partial charge in [0.15, 0.2) is 5.69 Å². The van der Waals surface area contributed by atoms with E-state index in [1.807, 2.05) is 13.0 Å². The summed E-state index contributed by atoms with van der Waals surface area (Å²) in [6.07, 6.45) is 5.20. The highest BCUT2D eigenvalue weighted by Gasteiger charge is 2.22. The lowest BCUT2D eigenvalue weighted by Crippen LogP contribution is -2.43. The fraction of sp³-hybridized carbons (Fsp3) is 0.292. The first-order valence-electron chi connectivity index (χ1n) is 10.9. The SMILES string of the molecule is CCOc1ccc(F)c(-c2ccc(N)c(C(=O)Nc3cnccc3N3CCC[C@H](N)C3)n2)c1. The predicted molar refractivity (Wildman–Crippen MR) is 127 cm³/mol. The van der Waals surface area contributed by atoms with Gasteiger partial charge in [0.1, 0.15) is 11.6 Å². The van der Waals surface area contributed by atoms with Gasteiger partial charge in [-0.3, -0.25) is 9.78 Å². The lowest BCUT2D eigenvalue weighted by Gasteiger charge is -2.33. The lowest BCUT2D eigenvalue weighted by molar-refractivity contribution is 0.102. The fourth-order valence-corrected chi connectivity index (χ4v) is 3.93. The van der Waals surface area contributed by atoms with E-state index in [2.05, 4.69) is 20.2 Å². The van der Waals surface area contributed by atoms with Crippen molar-refractivity contribution in [1.82, 2.24) is 9.97 Å². The highest BCUT2D eigenvalue weighted by atomic mass is 19.1. The molecule has 1 atom stereocenters. The number of carbonyl (C=O) groups excluding carboxylic acids is 1. The summed E-state index contributed by atoms with van der Waals surface area (Å²) in [7, 11) is 0. The number of nitrogens with two attached hydrogens (primary N) is 2. The molecule has 33 heavy (non-hydrogen) atoms. The van der Waals surface area contributed by atoms with Crippen LogP contribution < -0.4 is 26.4 Å². The van der Waals surface area contributed by atoms with E-state index in [9.17, 15) is 9.18 Å². The van der Waals surface area contributed by atoms with E-state index >= 15 is 0 Å². The first-order chi connectivity index (χ1) is 16.0. The molecule has 1 saturated heterocycles. The third kappa shape index (κ3) is 5.04. The highest BCUT2D eigenvalue weighted by molar-refractivity contribution is 6.07. The van der Waals surface area contributed by atoms with Gasteiger partial charge in [-0.05, 0) is 56.2 Å². The van der Waals surface area contributed by atoms with Gasteiger partial charge in [-0.1, -0.05) is 0 Å². The van der Waals surface area contributed by atoms with E-state index in [4.69, 9.17) is 16.2 Å². The van der Waals surface area contributed by atoms with Crippen LogP contribution in [0.2, 0.25) is 0 Å². The Balaban J connectivity index is 1.63. The molecule has 1 aromatic carbocycles. The number of pyridine rings is 2. The molecule has 0 radical (unpaired) electrons. The van der Waals surface area contributed by atoms with E-state index in [0.717, 1.165) is 25.1 Å². The number of halogens is 1. The number of amides is 1. The number of anilines is 3. The van der Waals surface area contributed by atoms with Crippen molar-refractivity contribution in [3.8, 4) is 17.0 Å². The zero-order chi connectivity index (χ0) is 23.4. The zero-order valence-electron chi connectivity index (χ0n) is 18.4. The number of carbonyl (C=O) groups is 1. The number of aromatic nitrogens is 2. The molecule has 0 bridgehead atoms. The van der Waals surface area contributed by atoms with Crippen molar-refractivity contribution >= 4 is 23.0 Å². The van der Waals surface area contributed by atoms with Gasteiger partial charge in [-0.15, -0.1) is 0 Å². The number of hydrogen-bond acceptors (Lipinski definition) is 7. The quantitative estimate of drug-likeness (QED) is 0.526. The second kappa shape index (κ2) is 9.83. The van der Waals surface area contributed by atoms with Crippen LogP contribution in [0.5, 0.6) is 5.75 Å². The van der Waals surface area contributed by atoms with Gasteiger partial charge < -0.3 is 26.4 Å². The minimum Gasteiger partial charge on any atom is -0.494 e. The van der Waals surface area contributed by atoms with Crippen LogP contribution in [0, 0.1) is 5.82 Å². The van der Waals surface area contributed by atoms with Crippen molar-refractivity contribution in [3.63, 3.8) is 0 Å². The Kier molecular flexibility index (Phi) is 6.69. The first kappa shape index (κ1) is 22.5. The van der Waals surface area contributed by atoms with Crippen LogP contribution in [0.25, 0.3) is 11.3 Å². The molecule has 2 aromatic heterocycles. The molecule has 5 N–H and O–H groups in total. The van der Waals surface area contributed by atoms with Crippen molar-refractivity contribution in [3.05, 3.63) is 60.3 Å². The van der Waals surface area contributed by atoms with E-state index < -0.39 is 11.7 Å². The standard InChI is InChI=1S/C24H27FN6O2/c1-2-33-16-5-6-18(25)17(12-16)20-8-7-19(27)23(29-20)24(32)30-21-13-28-10-9-22(21)31-11-3-4-15(26)14-31/h5-10,12-13,15H,2-4,11,14,26-27H2,1H3,(H,30,32)/t15-/m0/s1. The maximum atomic E-state index is 14.5. The molecular weight excluding hydrogens is 423 g/mol. The zero-order valence-corrected chi connectivity index (χ0v) is 18.4. The summed E-state index contributed by atoms with van der Waals surface area (Å²) in [4.78, 5) is 23.8. The Bertz CT molecular complexity index is 1160. The summed E-state index contributed by atoms with van der Waals surface area (Å²) in [6.45, 7) is 3.82. The third-order valence-corrected chi connectivity index (χ3v) is 5.51. The number of nitrogens with one attached hydrogen (secondary N) is 1. The van der Waals surface area contributed by atoms with Crippen molar-refractivity contribution in [2.75, 3.05) is 35.6 Å². The van der Waals surface area contributed by atoms with Gasteiger partial charge in [0.05, 0.1) is 35.6 Å². The van der Waals surface area contributed by atoms with Crippen LogP contribution in [0.15, 0.2) is 48.8 Å². The number of piperidine rings is 1. The maximum absolute atomic E-state index is 14.5. The Morgan fingerprint density at radius 2 is 2.15 bits per heavy atom. The number of benzene rings is 1. The molecule has 0 aliphatic carbocycles. The molecule has 3 aromatic rings. The molecule has 1 fully saturated rings. The molecular formula is C24H27FN6O2. The van der Waals surface area contributed by atoms with Gasteiger partial charge in [0, 0.05) is 30.9 Å². The van der Waals surface area contributed by atoms with E-state index in [1.165, 1.54) is 12.1 Å². The number of nitrogen functional groups attached to an aromatic ring is 1. The van der Waals surface area contributed by atoms with Gasteiger partial charge in [0.25, 0.3) is 5.91 Å². The van der Waals surface area contributed by atoms with Crippen molar-refractivity contribution in [2.24, 2.45) is 5.73 Å². The number of hydrogen-bond donors (Lipinski definition) is 3. The largest absolute Gasteiger partial charge is 0.494 e. The monoisotopic (exact) mass is 450 g/mol. The minimum atomic E-state index is -0.508. The summed E-state index contributed by atoms with van der Waals surface area (Å²) in [5, 5.41) is 2.86. The molecule has 172 valence electrons. The molecule has 0 saturated carbocycles. The summed E-state index contributed by atoms with van der Waals surface area (Å²) in [5.41, 5.74) is 14.2. The Morgan fingerprint density at radius 1 is 1.30 bits per heavy atom. The van der Waals surface area contributed by atoms with Crippen molar-refractivity contribution < 1.29 is 13.9 Å². The molecule has 0 spiro atoms. The van der Waals surface area contributed by atoms with Gasteiger partial charge >= 0.3 is 0 Å². The molecule has 0 unspecified atom stereocenters. The molecule has 9 heteroatoms. The van der Waals surface area contributed by atoms with E-state index in [1.54, 1.807) is 30.6 Å². The number of ether oxygens (including phenoxy) is 1. The minimum absolute atomic E-state index is 0.00105. The van der Waals surface area contributed by atoms with Gasteiger partial charge in [0.2, 0.25) is 0 Å². The van der Waals surface area contributed by atoms with Gasteiger partial charge in [-0.25, -0.2) is 9.37 Å². The summed E-state index contributed by atoms with van der Waals surface area (Å²) >= 11 is 0. The molecule has 8 nitrogen and oxygen atoms in total. The summed E-state index contributed by atoms with van der Waals surface area (Å²) < 4.78 is 20.0. The highest BCUT2D eigenvalue weighted by Crippen LogP contribution is 2.30. The Hall–Kier alpha value is -3.72. The molecule has 1 aliphatic heterocycles. The smallest absolute Gasteiger partial charge is 0.276 e. The number of rotatable bonds is 6. The normalized spacial score (nSPS) is 15.8. The predicted octanol–water partition coefficient (Wildman–Crippen LogP) is 3.44. The second-order valence-electron chi connectivity index (χ2n) is 7.90. The molecule has 3 heterocycles. The summed E-state index contributed by atoms with van der Waals surface area (Å²) in [6, 6.07) is 9.44. The first-order valence-corrected chi connectivity index (χ1v) is 10.9. The van der Waals surface area contributed by atoms with Crippen LogP contribution in [0.1, 0.15) is 30.3 Å². The molecule has 4 rings (SSSR count). The van der Waals surface area contributed by atoms with E-state index in [-0.39, 0.29) is 28.7 Å². The second-order valence-corrected chi connectivity index (χ2v) is 7.90. The van der Waals surface area contributed by atoms with Crippen molar-refractivity contribution in [2.45, 2.75) is 25.8 Å². The van der Waals surface area contributed by atoms with Crippen molar-refractivity contribution in [1.29, 1.82) is 0 Å². The van der Waals surface area contributed by atoms with E-state index in [0.29, 0.717) is 24.6 Å². The average Bonchev–Trinajstić information content (AvgIpc) is 2.81. The number of nitrogens with zero attached hydrogens (tertiary/aromatic N) is 3. The van der Waals surface area contributed by atoms with Gasteiger partial charge in [-0.2, -0.15) is 0 Å². The van der Waals surface area contributed by atoms with Crippen LogP contribution >= 0.6 is 0 Å². The fourth-order valence-electron chi connectivity index (χ4n) is 3.93.